The molecule has 0 radical (unpaired) electrons. The number of anilines is 1. The predicted octanol–water partition coefficient (Wildman–Crippen LogP) is 0.422. The normalized spacial score (nSPS) is 31.4. The number of hydrogen-bond donors (Lipinski definition) is 2. The van der Waals surface area contributed by atoms with Crippen LogP contribution in [0.2, 0.25) is 0 Å². The maximum atomic E-state index is 11.4. The Morgan fingerprint density at radius 2 is 1.97 bits per heavy atom. The standard InChI is InChI=1S/C25H31N4O3/c1-32-23-17-28(16-22(23)30)24-26-11-7-21(15-19-5-3-2-4-6-19)29(24)14-10-25(31)18-27-12-8-20(25)9-13-27/h2-7,11,20,22-23,30-31H,8-9,12-13,15-18H2,1H3/q+1/t22-,23-,25-/m1/s1. The minimum atomic E-state index is -1.000. The molecule has 6 rings (SSSR count). The quantitative estimate of drug-likeness (QED) is 0.536. The van der Waals surface area contributed by atoms with Gasteiger partial charge in [-0.15, -0.1) is 0 Å². The van der Waals surface area contributed by atoms with Gasteiger partial charge in [0.1, 0.15) is 29.7 Å². The van der Waals surface area contributed by atoms with Crippen LogP contribution in [0.15, 0.2) is 42.6 Å². The van der Waals surface area contributed by atoms with Crippen molar-refractivity contribution < 1.29 is 19.5 Å². The molecule has 32 heavy (non-hydrogen) atoms. The molecular formula is C25H31N4O3+. The highest BCUT2D eigenvalue weighted by atomic mass is 16.5. The van der Waals surface area contributed by atoms with Gasteiger partial charge in [0.2, 0.25) is 0 Å². The zero-order valence-corrected chi connectivity index (χ0v) is 18.5. The molecule has 0 amide bonds. The number of nitrogens with zero attached hydrogens (tertiary/aromatic N) is 4. The third kappa shape index (κ3) is 4.12. The number of fused-ring (bicyclic) bond motifs is 3. The van der Waals surface area contributed by atoms with Crippen LogP contribution in [0.3, 0.4) is 0 Å². The number of hydrogen-bond acceptors (Lipinski definition) is 6. The minimum Gasteiger partial charge on any atom is -0.387 e. The van der Waals surface area contributed by atoms with Gasteiger partial charge in [-0.3, -0.25) is 9.80 Å². The van der Waals surface area contributed by atoms with Gasteiger partial charge < -0.3 is 14.9 Å². The molecule has 2 bridgehead atoms. The van der Waals surface area contributed by atoms with Gasteiger partial charge in [-0.1, -0.05) is 35.3 Å². The maximum absolute atomic E-state index is 11.4. The molecule has 4 aliphatic heterocycles. The van der Waals surface area contributed by atoms with Crippen molar-refractivity contribution in [3.63, 3.8) is 0 Å². The summed E-state index contributed by atoms with van der Waals surface area (Å²) in [5, 5.41) is 21.7. The van der Waals surface area contributed by atoms with Crippen LogP contribution in [-0.2, 0) is 11.2 Å². The Kier molecular flexibility index (Phi) is 5.87. The van der Waals surface area contributed by atoms with Gasteiger partial charge in [-0.2, -0.15) is 4.57 Å². The van der Waals surface area contributed by atoms with Crippen LogP contribution >= 0.6 is 0 Å². The molecular weight excluding hydrogens is 404 g/mol. The molecule has 4 fully saturated rings. The van der Waals surface area contributed by atoms with E-state index in [-0.39, 0.29) is 12.0 Å². The van der Waals surface area contributed by atoms with Crippen LogP contribution in [0.4, 0.5) is 5.95 Å². The number of rotatable bonds is 4. The van der Waals surface area contributed by atoms with Gasteiger partial charge in [0.25, 0.3) is 0 Å². The van der Waals surface area contributed by atoms with Crippen molar-refractivity contribution in [3.8, 4) is 12.0 Å². The van der Waals surface area contributed by atoms with E-state index in [2.05, 4.69) is 34.0 Å². The van der Waals surface area contributed by atoms with Crippen molar-refractivity contribution in [1.82, 2.24) is 9.88 Å². The number of benzene rings is 1. The second kappa shape index (κ2) is 8.80. The van der Waals surface area contributed by atoms with E-state index >= 15 is 0 Å². The number of piperidine rings is 3. The summed E-state index contributed by atoms with van der Waals surface area (Å²) in [5.41, 5.74) is 1.17. The second-order valence-electron chi connectivity index (χ2n) is 9.19. The summed E-state index contributed by atoms with van der Waals surface area (Å²) < 4.78 is 7.33. The number of ether oxygens (including phenoxy) is 1. The van der Waals surface area contributed by atoms with Crippen LogP contribution in [0, 0.1) is 17.9 Å². The summed E-state index contributed by atoms with van der Waals surface area (Å²) in [6, 6.07) is 15.5. The van der Waals surface area contributed by atoms with Gasteiger partial charge in [0.15, 0.2) is 0 Å². The van der Waals surface area contributed by atoms with Crippen LogP contribution in [-0.4, -0.2) is 77.7 Å². The van der Waals surface area contributed by atoms with Crippen molar-refractivity contribution in [2.24, 2.45) is 5.92 Å². The lowest BCUT2D eigenvalue weighted by molar-refractivity contribution is -0.582. The highest BCUT2D eigenvalue weighted by Gasteiger charge is 2.45. The molecule has 2 N–H and O–H groups in total. The number of aliphatic hydroxyl groups excluding tert-OH is 1. The van der Waals surface area contributed by atoms with Crippen LogP contribution < -0.4 is 9.47 Å². The van der Waals surface area contributed by atoms with E-state index in [1.807, 2.05) is 33.7 Å². The van der Waals surface area contributed by atoms with E-state index in [0.29, 0.717) is 32.0 Å². The second-order valence-corrected chi connectivity index (χ2v) is 9.19. The Balaban J connectivity index is 1.53. The van der Waals surface area contributed by atoms with E-state index in [1.54, 1.807) is 13.3 Å². The third-order valence-electron chi connectivity index (χ3n) is 7.11. The molecule has 0 spiro atoms. The van der Waals surface area contributed by atoms with E-state index in [4.69, 9.17) is 4.74 Å². The first-order valence-electron chi connectivity index (χ1n) is 11.4. The highest BCUT2D eigenvalue weighted by Crippen LogP contribution is 2.35. The molecule has 7 nitrogen and oxygen atoms in total. The lowest BCUT2D eigenvalue weighted by atomic mass is 9.76. The molecule has 2 aromatic rings. The summed E-state index contributed by atoms with van der Waals surface area (Å²) in [5.74, 6) is 4.13. The predicted molar refractivity (Wildman–Crippen MR) is 120 cm³/mol. The van der Waals surface area contributed by atoms with E-state index in [0.717, 1.165) is 31.6 Å². The molecule has 1 aromatic carbocycles. The fourth-order valence-electron chi connectivity index (χ4n) is 5.22. The lowest BCUT2D eigenvalue weighted by Gasteiger charge is -2.47. The summed E-state index contributed by atoms with van der Waals surface area (Å²) in [4.78, 5) is 8.94. The zero-order valence-electron chi connectivity index (χ0n) is 18.5. The van der Waals surface area contributed by atoms with Gasteiger partial charge in [-0.25, -0.2) is 0 Å². The topological polar surface area (TPSA) is 72.9 Å². The molecule has 4 saturated heterocycles. The van der Waals surface area contributed by atoms with Gasteiger partial charge in [0, 0.05) is 32.1 Å². The number of aromatic nitrogens is 2. The van der Waals surface area contributed by atoms with Crippen LogP contribution in [0.25, 0.3) is 0 Å². The molecule has 0 unspecified atom stereocenters. The smallest absolute Gasteiger partial charge is 0.387 e. The van der Waals surface area contributed by atoms with Gasteiger partial charge in [0.05, 0.1) is 19.1 Å². The Bertz CT molecular complexity index is 1010. The highest BCUT2D eigenvalue weighted by molar-refractivity contribution is 5.31. The van der Waals surface area contributed by atoms with Crippen molar-refractivity contribution in [3.05, 3.63) is 53.9 Å². The Hall–Kier alpha value is -2.50. The van der Waals surface area contributed by atoms with Crippen molar-refractivity contribution in [2.75, 3.05) is 44.7 Å². The molecule has 3 atom stereocenters. The van der Waals surface area contributed by atoms with Crippen molar-refractivity contribution in [1.29, 1.82) is 0 Å². The average Bonchev–Trinajstić information content (AvgIpc) is 3.20. The molecule has 1 aromatic heterocycles. The molecule has 7 heteroatoms. The Morgan fingerprint density at radius 1 is 1.19 bits per heavy atom. The van der Waals surface area contributed by atoms with Crippen LogP contribution in [0.5, 0.6) is 0 Å². The van der Waals surface area contributed by atoms with E-state index < -0.39 is 11.7 Å². The molecule has 4 aliphatic rings. The minimum absolute atomic E-state index is 0.213. The number of methoxy groups -OCH3 is 1. The fourth-order valence-corrected chi connectivity index (χ4v) is 5.22. The molecule has 0 aliphatic carbocycles. The molecule has 0 saturated carbocycles. The van der Waals surface area contributed by atoms with Crippen molar-refractivity contribution in [2.45, 2.75) is 37.1 Å². The third-order valence-corrected chi connectivity index (χ3v) is 7.11. The van der Waals surface area contributed by atoms with Gasteiger partial charge in [-0.05, 0) is 37.4 Å². The summed E-state index contributed by atoms with van der Waals surface area (Å²) >= 11 is 0. The zero-order chi connectivity index (χ0) is 22.1. The van der Waals surface area contributed by atoms with E-state index in [9.17, 15) is 10.2 Å². The Labute approximate surface area is 189 Å². The number of aliphatic hydroxyl groups is 2. The number of β-amino-alcohol motifs (C(OH)–C–C–N with tert-alkyl or cyclic N) is 1. The maximum Gasteiger partial charge on any atom is 0.407 e. The molecule has 5 heterocycles. The fraction of sp³-hybridized carbons (Fsp3) is 0.520. The first-order chi connectivity index (χ1) is 15.6. The first-order valence-corrected chi connectivity index (χ1v) is 11.4. The summed E-state index contributed by atoms with van der Waals surface area (Å²) in [7, 11) is 1.62. The first kappa shape index (κ1) is 21.4. The summed E-state index contributed by atoms with van der Waals surface area (Å²) in [6.45, 7) is 3.67. The average molecular weight is 436 g/mol. The van der Waals surface area contributed by atoms with Gasteiger partial charge >= 0.3 is 5.95 Å². The van der Waals surface area contributed by atoms with E-state index in [1.165, 1.54) is 5.56 Å². The Morgan fingerprint density at radius 3 is 2.62 bits per heavy atom. The largest absolute Gasteiger partial charge is 0.407 e. The summed E-state index contributed by atoms with van der Waals surface area (Å²) in [6.07, 6.45) is 3.62. The SMILES string of the molecule is CO[C@@H]1CN(c2nccc(Cc3ccccc3)[n+]2C#C[C@@]2(O)CN3CCC2CC3)C[C@H]1O. The van der Waals surface area contributed by atoms with Crippen molar-refractivity contribution >= 4 is 5.95 Å². The monoisotopic (exact) mass is 435 g/mol. The lowest BCUT2D eigenvalue weighted by Crippen LogP contribution is -2.58. The molecule has 168 valence electrons. The van der Waals surface area contributed by atoms with Crippen LogP contribution in [0.1, 0.15) is 24.1 Å².